The van der Waals surface area contributed by atoms with Gasteiger partial charge in [-0.2, -0.15) is 0 Å². The van der Waals surface area contributed by atoms with Crippen LogP contribution >= 0.6 is 0 Å². The Labute approximate surface area is 190 Å². The van der Waals surface area contributed by atoms with E-state index in [1.54, 1.807) is 0 Å². The molecule has 0 amide bonds. The number of likely N-dealkylation sites (N-methyl/N-ethyl adjacent to an activating group) is 1. The zero-order valence-corrected chi connectivity index (χ0v) is 18.9. The number of hydrogen-bond donors (Lipinski definition) is 0. The minimum absolute atomic E-state index is 0.713. The molecular formula is C29H29N3. The molecule has 0 radical (unpaired) electrons. The number of benzene rings is 2. The summed E-state index contributed by atoms with van der Waals surface area (Å²) < 4.78 is 0. The van der Waals surface area contributed by atoms with Crippen LogP contribution in [0.5, 0.6) is 0 Å². The van der Waals surface area contributed by atoms with Crippen molar-refractivity contribution < 1.29 is 0 Å². The Morgan fingerprint density at radius 3 is 2.31 bits per heavy atom. The fourth-order valence-electron chi connectivity index (χ4n) is 4.92. The third-order valence-electron chi connectivity index (χ3n) is 6.80. The van der Waals surface area contributed by atoms with Gasteiger partial charge in [-0.15, -0.1) is 5.73 Å². The van der Waals surface area contributed by atoms with Crippen LogP contribution in [0.1, 0.15) is 49.8 Å². The minimum atomic E-state index is 0.713. The van der Waals surface area contributed by atoms with E-state index < -0.39 is 0 Å². The molecule has 1 fully saturated rings. The lowest BCUT2D eigenvalue weighted by Crippen LogP contribution is -2.21. The van der Waals surface area contributed by atoms with E-state index in [0.717, 1.165) is 45.6 Å². The Morgan fingerprint density at radius 1 is 0.938 bits per heavy atom. The number of rotatable bonds is 5. The van der Waals surface area contributed by atoms with Gasteiger partial charge in [-0.25, -0.2) is 9.97 Å². The molecule has 0 saturated heterocycles. The van der Waals surface area contributed by atoms with Gasteiger partial charge in [-0.05, 0) is 42.4 Å². The van der Waals surface area contributed by atoms with Gasteiger partial charge >= 0.3 is 0 Å². The van der Waals surface area contributed by atoms with Gasteiger partial charge in [-0.3, -0.25) is 0 Å². The monoisotopic (exact) mass is 419 g/mol. The molecule has 0 unspecified atom stereocenters. The van der Waals surface area contributed by atoms with E-state index in [1.807, 2.05) is 42.3 Å². The first-order valence-corrected chi connectivity index (χ1v) is 11.6. The van der Waals surface area contributed by atoms with Crippen LogP contribution in [0.2, 0.25) is 0 Å². The number of anilines is 1. The summed E-state index contributed by atoms with van der Waals surface area (Å²) in [5.41, 5.74) is 10.2. The summed E-state index contributed by atoms with van der Waals surface area (Å²) in [7, 11) is 1.98. The molecule has 1 aliphatic heterocycles. The molecule has 0 atom stereocenters. The number of hydrogen-bond acceptors (Lipinski definition) is 3. The normalized spacial score (nSPS) is 19.3. The zero-order chi connectivity index (χ0) is 22.1. The van der Waals surface area contributed by atoms with Gasteiger partial charge < -0.3 is 4.90 Å². The first-order valence-electron chi connectivity index (χ1n) is 11.6. The van der Waals surface area contributed by atoms with Crippen molar-refractivity contribution in [3.63, 3.8) is 0 Å². The van der Waals surface area contributed by atoms with Gasteiger partial charge in [-0.1, -0.05) is 80.9 Å². The molecule has 160 valence electrons. The SMILES string of the molecule is C=C=C1C=Cc2nc(-c3ccc(C4CC(CCC)C4)cc3)c(-c3ccccc3)nc2N1C. The van der Waals surface area contributed by atoms with Crippen LogP contribution in [0.4, 0.5) is 5.82 Å². The second-order valence-corrected chi connectivity index (χ2v) is 8.90. The lowest BCUT2D eigenvalue weighted by atomic mass is 9.70. The second-order valence-electron chi connectivity index (χ2n) is 8.90. The first-order chi connectivity index (χ1) is 15.7. The van der Waals surface area contributed by atoms with Gasteiger partial charge in [0.15, 0.2) is 5.82 Å². The summed E-state index contributed by atoms with van der Waals surface area (Å²) in [6.07, 6.45) is 9.32. The molecule has 2 aromatic carbocycles. The van der Waals surface area contributed by atoms with E-state index in [9.17, 15) is 0 Å². The first kappa shape index (κ1) is 20.5. The third kappa shape index (κ3) is 3.70. The standard InChI is InChI=1S/C29H29N3/c1-4-9-20-18-24(19-20)21-12-14-23(15-13-21)27-28(22-10-7-6-8-11-22)31-29-26(30-27)17-16-25(5-2)32(29)3/h6-8,10-17,20,24H,2,4,9,18-19H2,1,3H3. The molecule has 1 saturated carbocycles. The molecule has 0 N–H and O–H groups in total. The van der Waals surface area contributed by atoms with Crippen LogP contribution in [0, 0.1) is 5.92 Å². The van der Waals surface area contributed by atoms with Gasteiger partial charge in [0.05, 0.1) is 17.1 Å². The third-order valence-corrected chi connectivity index (χ3v) is 6.80. The zero-order valence-electron chi connectivity index (χ0n) is 18.9. The average Bonchev–Trinajstić information content (AvgIpc) is 2.81. The van der Waals surface area contributed by atoms with E-state index in [-0.39, 0.29) is 0 Å². The molecule has 0 bridgehead atoms. The molecular weight excluding hydrogens is 390 g/mol. The fraction of sp³-hybridized carbons (Fsp3) is 0.276. The van der Waals surface area contributed by atoms with E-state index in [0.29, 0.717) is 5.92 Å². The Kier molecular flexibility index (Phi) is 5.51. The Balaban J connectivity index is 1.54. The van der Waals surface area contributed by atoms with Crippen molar-refractivity contribution in [1.29, 1.82) is 0 Å². The second kappa shape index (κ2) is 8.61. The molecule has 1 aromatic heterocycles. The molecule has 2 heterocycles. The molecule has 5 rings (SSSR count). The quantitative estimate of drug-likeness (QED) is 0.408. The topological polar surface area (TPSA) is 29.0 Å². The molecule has 32 heavy (non-hydrogen) atoms. The van der Waals surface area contributed by atoms with Gasteiger partial charge in [0.25, 0.3) is 0 Å². The average molecular weight is 420 g/mol. The van der Waals surface area contributed by atoms with Crippen LogP contribution < -0.4 is 4.90 Å². The lowest BCUT2D eigenvalue weighted by Gasteiger charge is -2.35. The van der Waals surface area contributed by atoms with Crippen LogP contribution in [-0.2, 0) is 0 Å². The highest BCUT2D eigenvalue weighted by Gasteiger charge is 2.29. The van der Waals surface area contributed by atoms with Crippen molar-refractivity contribution in [3.8, 4) is 22.5 Å². The highest BCUT2D eigenvalue weighted by Crippen LogP contribution is 2.44. The van der Waals surface area contributed by atoms with Crippen LogP contribution in [0.3, 0.4) is 0 Å². The van der Waals surface area contributed by atoms with Gasteiger partial charge in [0.1, 0.15) is 5.69 Å². The van der Waals surface area contributed by atoms with Crippen molar-refractivity contribution >= 4 is 11.9 Å². The summed E-state index contributed by atoms with van der Waals surface area (Å²) in [5.74, 6) is 2.46. The van der Waals surface area contributed by atoms with Crippen molar-refractivity contribution in [3.05, 3.63) is 89.9 Å². The highest BCUT2D eigenvalue weighted by molar-refractivity contribution is 5.83. The van der Waals surface area contributed by atoms with Crippen LogP contribution in [0.25, 0.3) is 28.6 Å². The maximum atomic E-state index is 5.08. The lowest BCUT2D eigenvalue weighted by molar-refractivity contribution is 0.246. The summed E-state index contributed by atoms with van der Waals surface area (Å²) in [6, 6.07) is 19.3. The van der Waals surface area contributed by atoms with Crippen molar-refractivity contribution in [2.45, 2.75) is 38.5 Å². The fourth-order valence-corrected chi connectivity index (χ4v) is 4.92. The van der Waals surface area contributed by atoms with Gasteiger partial charge in [0, 0.05) is 18.2 Å². The molecule has 3 nitrogen and oxygen atoms in total. The molecule has 3 aromatic rings. The largest absolute Gasteiger partial charge is 0.321 e. The molecule has 2 aliphatic rings. The smallest absolute Gasteiger partial charge is 0.160 e. The maximum Gasteiger partial charge on any atom is 0.160 e. The number of aromatic nitrogens is 2. The molecule has 0 spiro atoms. The Morgan fingerprint density at radius 2 is 1.62 bits per heavy atom. The highest BCUT2D eigenvalue weighted by atomic mass is 15.2. The minimum Gasteiger partial charge on any atom is -0.321 e. The molecule has 3 heteroatoms. The van der Waals surface area contributed by atoms with Crippen molar-refractivity contribution in [2.75, 3.05) is 11.9 Å². The number of allylic oxidation sites excluding steroid dienone is 1. The van der Waals surface area contributed by atoms with Crippen LogP contribution in [-0.4, -0.2) is 17.0 Å². The van der Waals surface area contributed by atoms with E-state index in [4.69, 9.17) is 9.97 Å². The summed E-state index contributed by atoms with van der Waals surface area (Å²) >= 11 is 0. The Bertz CT molecular complexity index is 1200. The van der Waals surface area contributed by atoms with E-state index in [1.165, 1.54) is 31.2 Å². The van der Waals surface area contributed by atoms with Crippen LogP contribution in [0.15, 0.2) is 78.7 Å². The number of fused-ring (bicyclic) bond motifs is 1. The predicted octanol–water partition coefficient (Wildman–Crippen LogP) is 7.24. The van der Waals surface area contributed by atoms with E-state index in [2.05, 4.69) is 55.6 Å². The number of nitrogens with zero attached hydrogens (tertiary/aromatic N) is 3. The van der Waals surface area contributed by atoms with E-state index >= 15 is 0 Å². The van der Waals surface area contributed by atoms with Gasteiger partial charge in [0.2, 0.25) is 0 Å². The van der Waals surface area contributed by atoms with Crippen molar-refractivity contribution in [1.82, 2.24) is 9.97 Å². The van der Waals surface area contributed by atoms with Crippen molar-refractivity contribution in [2.24, 2.45) is 5.92 Å². The summed E-state index contributed by atoms with van der Waals surface area (Å²) in [6.45, 7) is 6.08. The summed E-state index contributed by atoms with van der Waals surface area (Å²) in [4.78, 5) is 12.1. The molecule has 1 aliphatic carbocycles. The summed E-state index contributed by atoms with van der Waals surface area (Å²) in [5, 5.41) is 0. The maximum absolute atomic E-state index is 5.08. The predicted molar refractivity (Wildman–Crippen MR) is 133 cm³/mol. The Hall–Kier alpha value is -3.42.